The second-order valence-electron chi connectivity index (χ2n) is 5.99. The standard InChI is InChI=1S/C15H15F3O3S/c16-15(17,18)13-4-2-1-3-12(13)14(19)9-7-10-5-6-11(8-9)22(10,20)21/h1-4,9-11H,5-8H2. The molecule has 3 rings (SSSR count). The number of Topliss-reactive ketones (excluding diaryl/α,β-unsaturated/α-hetero) is 1. The van der Waals surface area contributed by atoms with Crippen LogP contribution in [0.2, 0.25) is 0 Å². The molecular formula is C15H15F3O3S. The molecule has 0 spiro atoms. The average Bonchev–Trinajstić information content (AvgIpc) is 2.66. The third kappa shape index (κ3) is 2.45. The van der Waals surface area contributed by atoms with Gasteiger partial charge >= 0.3 is 6.18 Å². The van der Waals surface area contributed by atoms with Crippen molar-refractivity contribution in [2.24, 2.45) is 5.92 Å². The summed E-state index contributed by atoms with van der Waals surface area (Å²) in [5.74, 6) is -1.22. The molecular weight excluding hydrogens is 317 g/mol. The van der Waals surface area contributed by atoms with Crippen LogP contribution in [-0.4, -0.2) is 24.7 Å². The molecule has 2 aliphatic heterocycles. The SMILES string of the molecule is O=C(c1ccccc1C(F)(F)F)C1CC2CCC(C1)S2(=O)=O. The largest absolute Gasteiger partial charge is 0.417 e. The lowest BCUT2D eigenvalue weighted by atomic mass is 9.88. The van der Waals surface area contributed by atoms with Gasteiger partial charge in [-0.05, 0) is 31.7 Å². The third-order valence-electron chi connectivity index (χ3n) is 4.70. The van der Waals surface area contributed by atoms with E-state index in [4.69, 9.17) is 0 Å². The maximum Gasteiger partial charge on any atom is 0.417 e. The Balaban J connectivity index is 1.91. The van der Waals surface area contributed by atoms with Gasteiger partial charge < -0.3 is 0 Å². The van der Waals surface area contributed by atoms with Crippen molar-refractivity contribution in [3.63, 3.8) is 0 Å². The van der Waals surface area contributed by atoms with Crippen molar-refractivity contribution >= 4 is 15.6 Å². The monoisotopic (exact) mass is 332 g/mol. The molecule has 0 amide bonds. The van der Waals surface area contributed by atoms with Crippen molar-refractivity contribution < 1.29 is 26.4 Å². The lowest BCUT2D eigenvalue weighted by molar-refractivity contribution is -0.137. The average molecular weight is 332 g/mol. The van der Waals surface area contributed by atoms with E-state index in [0.29, 0.717) is 12.8 Å². The molecule has 2 heterocycles. The molecule has 2 atom stereocenters. The Labute approximate surface area is 126 Å². The maximum absolute atomic E-state index is 13.0. The lowest BCUT2D eigenvalue weighted by Crippen LogP contribution is -2.36. The number of fused-ring (bicyclic) bond motifs is 2. The molecule has 120 valence electrons. The van der Waals surface area contributed by atoms with Crippen LogP contribution in [0.5, 0.6) is 0 Å². The molecule has 7 heteroatoms. The maximum atomic E-state index is 13.0. The van der Waals surface area contributed by atoms with Crippen LogP contribution >= 0.6 is 0 Å². The number of carbonyl (C=O) groups excluding carboxylic acids is 1. The first-order valence-corrected chi connectivity index (χ1v) is 8.75. The number of hydrogen-bond donors (Lipinski definition) is 0. The Kier molecular flexibility index (Phi) is 3.58. The number of ketones is 1. The van der Waals surface area contributed by atoms with Crippen molar-refractivity contribution in [2.75, 3.05) is 0 Å². The summed E-state index contributed by atoms with van der Waals surface area (Å²) in [6.07, 6.45) is -3.28. The predicted octanol–water partition coefficient (Wildman–Crippen LogP) is 3.24. The number of rotatable bonds is 2. The van der Waals surface area contributed by atoms with Gasteiger partial charge in [-0.15, -0.1) is 0 Å². The Bertz CT molecular complexity index is 689. The summed E-state index contributed by atoms with van der Waals surface area (Å²) in [6, 6.07) is 4.71. The number of carbonyl (C=O) groups is 1. The molecule has 2 fully saturated rings. The van der Waals surface area contributed by atoms with Crippen molar-refractivity contribution in [1.29, 1.82) is 0 Å². The van der Waals surface area contributed by atoms with Crippen LogP contribution in [0.25, 0.3) is 0 Å². The summed E-state index contributed by atoms with van der Waals surface area (Å²) in [5, 5.41) is -1.14. The van der Waals surface area contributed by atoms with Crippen LogP contribution in [0, 0.1) is 5.92 Å². The molecule has 0 aromatic heterocycles. The fraction of sp³-hybridized carbons (Fsp3) is 0.533. The molecule has 0 saturated carbocycles. The Morgan fingerprint density at radius 3 is 2.14 bits per heavy atom. The zero-order valence-corrected chi connectivity index (χ0v) is 12.5. The van der Waals surface area contributed by atoms with E-state index in [1.54, 1.807) is 0 Å². The first-order valence-electron chi connectivity index (χ1n) is 7.14. The zero-order valence-electron chi connectivity index (χ0n) is 11.6. The van der Waals surface area contributed by atoms with E-state index in [1.807, 2.05) is 0 Å². The van der Waals surface area contributed by atoms with E-state index in [1.165, 1.54) is 18.2 Å². The van der Waals surface area contributed by atoms with Crippen molar-refractivity contribution in [2.45, 2.75) is 42.4 Å². The van der Waals surface area contributed by atoms with E-state index in [-0.39, 0.29) is 18.4 Å². The predicted molar refractivity (Wildman–Crippen MR) is 74.2 cm³/mol. The number of hydrogen-bond acceptors (Lipinski definition) is 3. The van der Waals surface area contributed by atoms with Crippen LogP contribution in [0.3, 0.4) is 0 Å². The van der Waals surface area contributed by atoms with Gasteiger partial charge in [-0.3, -0.25) is 4.79 Å². The van der Waals surface area contributed by atoms with Gasteiger partial charge in [0.2, 0.25) is 0 Å². The highest BCUT2D eigenvalue weighted by Gasteiger charge is 2.49. The summed E-state index contributed by atoms with van der Waals surface area (Å²) >= 11 is 0. The zero-order chi connectivity index (χ0) is 16.1. The number of alkyl halides is 3. The minimum absolute atomic E-state index is 0.143. The minimum atomic E-state index is -4.59. The Morgan fingerprint density at radius 1 is 1.05 bits per heavy atom. The van der Waals surface area contributed by atoms with E-state index < -0.39 is 43.8 Å². The van der Waals surface area contributed by atoms with Crippen LogP contribution in [-0.2, 0) is 16.0 Å². The highest BCUT2D eigenvalue weighted by atomic mass is 32.2. The summed E-state index contributed by atoms with van der Waals surface area (Å²) in [7, 11) is -3.19. The molecule has 22 heavy (non-hydrogen) atoms. The van der Waals surface area contributed by atoms with Crippen LogP contribution < -0.4 is 0 Å². The first kappa shape index (κ1) is 15.5. The van der Waals surface area contributed by atoms with Crippen molar-refractivity contribution in [1.82, 2.24) is 0 Å². The van der Waals surface area contributed by atoms with Gasteiger partial charge in [-0.1, -0.05) is 18.2 Å². The topological polar surface area (TPSA) is 51.2 Å². The molecule has 2 aliphatic rings. The highest BCUT2D eigenvalue weighted by Crippen LogP contribution is 2.43. The molecule has 1 aromatic carbocycles. The van der Waals surface area contributed by atoms with Crippen molar-refractivity contribution in [3.8, 4) is 0 Å². The molecule has 3 nitrogen and oxygen atoms in total. The number of sulfone groups is 1. The van der Waals surface area contributed by atoms with Gasteiger partial charge in [-0.25, -0.2) is 8.42 Å². The second kappa shape index (κ2) is 5.08. The molecule has 0 N–H and O–H groups in total. The van der Waals surface area contributed by atoms with E-state index in [9.17, 15) is 26.4 Å². The highest BCUT2D eigenvalue weighted by molar-refractivity contribution is 7.93. The van der Waals surface area contributed by atoms with Gasteiger partial charge in [0.1, 0.15) is 0 Å². The quantitative estimate of drug-likeness (QED) is 0.781. The fourth-order valence-corrected chi connectivity index (χ4v) is 6.06. The number of halogens is 3. The van der Waals surface area contributed by atoms with Crippen LogP contribution in [0.1, 0.15) is 41.6 Å². The van der Waals surface area contributed by atoms with Crippen molar-refractivity contribution in [3.05, 3.63) is 35.4 Å². The normalized spacial score (nSPS) is 30.2. The molecule has 2 saturated heterocycles. The minimum Gasteiger partial charge on any atom is -0.294 e. The van der Waals surface area contributed by atoms with Gasteiger partial charge in [0.15, 0.2) is 15.6 Å². The second-order valence-corrected chi connectivity index (χ2v) is 8.50. The van der Waals surface area contributed by atoms with E-state index in [0.717, 1.165) is 6.07 Å². The summed E-state index contributed by atoms with van der Waals surface area (Å²) in [6.45, 7) is 0. The summed E-state index contributed by atoms with van der Waals surface area (Å²) < 4.78 is 63.1. The molecule has 0 aliphatic carbocycles. The molecule has 2 bridgehead atoms. The summed E-state index contributed by atoms with van der Waals surface area (Å²) in [5.41, 5.74) is -1.29. The van der Waals surface area contributed by atoms with Crippen LogP contribution in [0.4, 0.5) is 13.2 Å². The molecule has 0 radical (unpaired) electrons. The lowest BCUT2D eigenvalue weighted by Gasteiger charge is -2.27. The fourth-order valence-electron chi connectivity index (χ4n) is 3.59. The first-order chi connectivity index (χ1) is 10.2. The third-order valence-corrected chi connectivity index (χ3v) is 7.42. The summed E-state index contributed by atoms with van der Waals surface area (Å²) in [4.78, 5) is 12.5. The molecule has 2 unspecified atom stereocenters. The van der Waals surface area contributed by atoms with Crippen LogP contribution in [0.15, 0.2) is 24.3 Å². The Hall–Kier alpha value is -1.37. The molecule has 1 aromatic rings. The van der Waals surface area contributed by atoms with Gasteiger partial charge in [0, 0.05) is 11.5 Å². The van der Waals surface area contributed by atoms with E-state index >= 15 is 0 Å². The van der Waals surface area contributed by atoms with Gasteiger partial charge in [0.05, 0.1) is 16.1 Å². The van der Waals surface area contributed by atoms with E-state index in [2.05, 4.69) is 0 Å². The smallest absolute Gasteiger partial charge is 0.294 e. The number of benzene rings is 1. The Morgan fingerprint density at radius 2 is 1.59 bits per heavy atom. The van der Waals surface area contributed by atoms with Gasteiger partial charge in [0.25, 0.3) is 0 Å². The van der Waals surface area contributed by atoms with Gasteiger partial charge in [-0.2, -0.15) is 13.2 Å².